The Bertz CT molecular complexity index is 3410. The van der Waals surface area contributed by atoms with Gasteiger partial charge in [-0.05, 0) is 122 Å². The molecule has 3 aliphatic rings. The zero-order valence-corrected chi connectivity index (χ0v) is 53.6. The fourth-order valence-electron chi connectivity index (χ4n) is 8.91. The number of aromatic nitrogens is 2. The van der Waals surface area contributed by atoms with Gasteiger partial charge in [0, 0.05) is 56.0 Å². The van der Waals surface area contributed by atoms with E-state index in [0.717, 1.165) is 43.4 Å². The number of sulfonamides is 1. The number of piperazine rings is 1. The first-order chi connectivity index (χ1) is 44.0. The van der Waals surface area contributed by atoms with Crippen molar-refractivity contribution in [1.29, 1.82) is 0 Å². The molecule has 11 rings (SSSR count). The number of nitrogens with zero attached hydrogens (tertiary/aromatic N) is 3. The molecule has 0 saturated carbocycles. The maximum absolute atomic E-state index is 13.5. The highest BCUT2D eigenvalue weighted by Crippen LogP contribution is 2.51. The van der Waals surface area contributed by atoms with E-state index in [9.17, 15) is 67.8 Å². The number of nitrogens with one attached hydrogen (secondary N) is 2. The largest absolute Gasteiger partial charge is 0.550 e. The van der Waals surface area contributed by atoms with E-state index in [-0.39, 0.29) is 50.8 Å². The highest BCUT2D eigenvalue weighted by molar-refractivity contribution is 7.98. The number of aromatic carboxylic acids is 1. The van der Waals surface area contributed by atoms with Crippen molar-refractivity contribution < 1.29 is 72.3 Å². The third kappa shape index (κ3) is 21.1. The molecule has 3 N–H and O–H groups in total. The first-order valence-corrected chi connectivity index (χ1v) is 35.7. The van der Waals surface area contributed by atoms with E-state index in [0.29, 0.717) is 16.7 Å². The normalized spacial score (nSPS) is 14.8. The Kier molecular flexibility index (Phi) is 28.9. The first-order valence-electron chi connectivity index (χ1n) is 28.7. The van der Waals surface area contributed by atoms with Crippen molar-refractivity contribution in [3.63, 3.8) is 0 Å². The number of carboxylic acids is 2. The van der Waals surface area contributed by atoms with E-state index in [1.807, 2.05) is 30.3 Å². The first kappa shape index (κ1) is 73.6. The SMILES string of the molecule is O=C(C[S+]1CCCC1)c1ccccc1.O=C([O-])C1CCNCC1.O=C([O-])c1cnccn1.O=S(=O)(O)C(F)(F)C(F)(F)C(F)(F)S(=O)(=O)N1CCNCC1.c1ccc([S+](c2ccccc2)c2ccccc2)cc1.c1ccc([S+](c2ccccc2)c2ccccc2)cc1. The van der Waals surface area contributed by atoms with Crippen molar-refractivity contribution in [2.45, 2.75) is 71.5 Å². The number of halogens is 6. The van der Waals surface area contributed by atoms with Crippen LogP contribution in [0.4, 0.5) is 26.3 Å². The van der Waals surface area contributed by atoms with E-state index in [1.54, 1.807) is 0 Å². The van der Waals surface area contributed by atoms with Gasteiger partial charge in [0.25, 0.3) is 10.0 Å². The van der Waals surface area contributed by atoms with E-state index >= 15 is 0 Å². The molecular weight excluding hydrogens is 1300 g/mol. The molecule has 0 unspecified atom stereocenters. The lowest BCUT2D eigenvalue weighted by atomic mass is 9.99. The van der Waals surface area contributed by atoms with Crippen LogP contribution < -0.4 is 20.8 Å². The number of carbonyl (C=O) groups is 3. The van der Waals surface area contributed by atoms with E-state index in [2.05, 4.69) is 203 Å². The second kappa shape index (κ2) is 36.2. The van der Waals surface area contributed by atoms with Crippen molar-refractivity contribution in [3.8, 4) is 0 Å². The van der Waals surface area contributed by atoms with Gasteiger partial charge in [-0.1, -0.05) is 140 Å². The molecule has 0 bridgehead atoms. The highest BCUT2D eigenvalue weighted by atomic mass is 32.2. The summed E-state index contributed by atoms with van der Waals surface area (Å²) in [6.07, 6.45) is 7.92. The second-order valence-electron chi connectivity index (χ2n) is 20.1. The molecule has 3 fully saturated rings. The molecule has 3 aliphatic heterocycles. The minimum Gasteiger partial charge on any atom is -0.550 e. The summed E-state index contributed by atoms with van der Waals surface area (Å²) in [5.74, 6) is -5.62. The van der Waals surface area contributed by atoms with Gasteiger partial charge in [-0.25, -0.2) is 8.42 Å². The summed E-state index contributed by atoms with van der Waals surface area (Å²) in [5.41, 5.74) is 0.740. The molecule has 8 aromatic rings. The van der Waals surface area contributed by atoms with Gasteiger partial charge < -0.3 is 30.4 Å². The average molecular weight is 1370 g/mol. The minimum atomic E-state index is -6.99. The van der Waals surface area contributed by atoms with E-state index in [1.165, 1.54) is 66.1 Å². The number of hydrogen-bond acceptors (Lipinski definition) is 13. The lowest BCUT2D eigenvalue weighted by Crippen LogP contribution is -2.64. The number of piperidine rings is 1. The van der Waals surface area contributed by atoms with Crippen molar-refractivity contribution in [3.05, 3.63) is 242 Å². The van der Waals surface area contributed by atoms with Crippen LogP contribution in [0.15, 0.2) is 260 Å². The summed E-state index contributed by atoms with van der Waals surface area (Å²) >= 11 is 0. The lowest BCUT2D eigenvalue weighted by Gasteiger charge is -2.35. The van der Waals surface area contributed by atoms with Gasteiger partial charge >= 0.3 is 26.5 Å². The fourth-order valence-corrected chi connectivity index (χ4v) is 17.3. The van der Waals surface area contributed by atoms with Crippen LogP contribution in [0.3, 0.4) is 0 Å². The van der Waals surface area contributed by atoms with Gasteiger partial charge in [0.1, 0.15) is 17.2 Å². The maximum atomic E-state index is 13.5. The van der Waals surface area contributed by atoms with Crippen LogP contribution in [-0.2, 0) is 57.6 Å². The predicted octanol–water partition coefficient (Wildman–Crippen LogP) is 9.35. The Morgan fingerprint density at radius 2 is 0.880 bits per heavy atom. The molecule has 1 aromatic heterocycles. The van der Waals surface area contributed by atoms with Crippen molar-refractivity contribution in [2.24, 2.45) is 5.92 Å². The molecule has 0 atom stereocenters. The summed E-state index contributed by atoms with van der Waals surface area (Å²) in [7, 11) is -12.9. The summed E-state index contributed by atoms with van der Waals surface area (Å²) in [6, 6.07) is 74.0. The molecular formula is C66H68F6N5O10S5+. The summed E-state index contributed by atoms with van der Waals surface area (Å²) in [4.78, 5) is 47.2. The molecule has 0 spiro atoms. The number of carboxylic acid groups (broad SMARTS) is 2. The lowest BCUT2D eigenvalue weighted by molar-refractivity contribution is -0.312. The Labute approximate surface area is 540 Å². The number of hydrogen-bond donors (Lipinski definition) is 3. The van der Waals surface area contributed by atoms with Gasteiger partial charge in [0.05, 0.1) is 34.0 Å². The second-order valence-corrected chi connectivity index (χ2v) is 29.9. The zero-order chi connectivity index (χ0) is 66.6. The van der Waals surface area contributed by atoms with Gasteiger partial charge in [-0.15, -0.1) is 0 Å². The van der Waals surface area contributed by atoms with Crippen LogP contribution in [0.1, 0.15) is 46.5 Å². The number of carbonyl (C=O) groups excluding carboxylic acids is 3. The summed E-state index contributed by atoms with van der Waals surface area (Å²) < 4.78 is 131. The van der Waals surface area contributed by atoms with Crippen LogP contribution in [0.5, 0.6) is 0 Å². The molecule has 3 saturated heterocycles. The van der Waals surface area contributed by atoms with Crippen molar-refractivity contribution >= 4 is 70.5 Å². The van der Waals surface area contributed by atoms with Crippen LogP contribution in [0.25, 0.3) is 0 Å². The molecule has 26 heteroatoms. The molecule has 488 valence electrons. The third-order valence-electron chi connectivity index (χ3n) is 13.7. The van der Waals surface area contributed by atoms with Crippen LogP contribution in [0.2, 0.25) is 0 Å². The molecule has 7 aromatic carbocycles. The number of ketones is 1. The molecule has 0 aliphatic carbocycles. The van der Waals surface area contributed by atoms with Gasteiger partial charge in [-0.2, -0.15) is 39.1 Å². The summed E-state index contributed by atoms with van der Waals surface area (Å²) in [5, 5.41) is 12.6. The standard InChI is InChI=1S/2C18H15S.C12H15OS.C7H10F6N2O5S2.C6H11NO2.C5H4N2O2/c2*1-4-10-16(11-5-1)19(17-12-6-2-7-13-17)18-14-8-3-9-15-18;13-12(10-14-8-4-5-9-14)11-6-2-1-3-7-11;8-5(9,7(12,13)22(18,19)20)6(10,11)21(16,17)15-3-1-14-2-4-15;8-6(9)5-1-3-7-4-2-5;8-5(9)4-3-6-1-2-7-4/h2*1-15H;1-3,6-7H,4-5,8-10H2;14H,1-4H2,(H,18,19,20);5,7H,1-4H2,(H,8,9);1-3H,(H,8,9)/q3*+1;;;/p-2. The van der Waals surface area contributed by atoms with Gasteiger partial charge in [0.15, 0.2) is 35.1 Å². The Morgan fingerprint density at radius 1 is 0.533 bits per heavy atom. The molecule has 15 nitrogen and oxygen atoms in total. The quantitative estimate of drug-likeness (QED) is 0.0354. The van der Waals surface area contributed by atoms with Crippen LogP contribution in [0, 0.1) is 5.92 Å². The average Bonchev–Trinajstić information content (AvgIpc) is 0.750. The topological polar surface area (TPSA) is 239 Å². The predicted molar refractivity (Wildman–Crippen MR) is 342 cm³/mol. The number of alkyl halides is 6. The number of benzene rings is 7. The third-order valence-corrected chi connectivity index (χ3v) is 23.4. The van der Waals surface area contributed by atoms with Crippen molar-refractivity contribution in [1.82, 2.24) is 24.9 Å². The van der Waals surface area contributed by atoms with Crippen LogP contribution >= 0.6 is 0 Å². The number of rotatable bonds is 16. The maximum Gasteiger partial charge on any atom is 0.439 e. The Hall–Kier alpha value is -7.40. The Morgan fingerprint density at radius 3 is 1.17 bits per heavy atom. The molecule has 4 heterocycles. The fraction of sp³-hybridized carbons (Fsp3) is 0.258. The number of Topliss-reactive ketones (excluding diaryl/α,β-unsaturated/α-hetero) is 1. The smallest absolute Gasteiger partial charge is 0.439 e. The monoisotopic (exact) mass is 1360 g/mol. The van der Waals surface area contributed by atoms with Crippen molar-refractivity contribution in [2.75, 3.05) is 56.5 Å². The van der Waals surface area contributed by atoms with Gasteiger partial charge in [-0.3, -0.25) is 19.3 Å². The zero-order valence-electron chi connectivity index (χ0n) is 49.5. The Balaban J connectivity index is 0.000000180. The molecule has 0 radical (unpaired) electrons. The van der Waals surface area contributed by atoms with E-state index in [4.69, 9.17) is 4.55 Å². The number of aliphatic carboxylic acids is 1. The summed E-state index contributed by atoms with van der Waals surface area (Å²) in [6.45, 7) is -0.167. The molecule has 0 amide bonds. The van der Waals surface area contributed by atoms with Gasteiger partial charge in [0.2, 0.25) is 5.78 Å². The van der Waals surface area contributed by atoms with E-state index < -0.39 is 61.6 Å². The highest BCUT2D eigenvalue weighted by Gasteiger charge is 2.82. The van der Waals surface area contributed by atoms with Crippen LogP contribution in [-0.4, -0.2) is 126 Å². The minimum absolute atomic E-state index is 0.0146. The molecule has 92 heavy (non-hydrogen) atoms.